The minimum atomic E-state index is -0.243. The van der Waals surface area contributed by atoms with Crippen LogP contribution in [-0.4, -0.2) is 25.3 Å². The van der Waals surface area contributed by atoms with Gasteiger partial charge in [-0.2, -0.15) is 5.26 Å². The van der Waals surface area contributed by atoms with Crippen LogP contribution in [0.25, 0.3) is 0 Å². The van der Waals surface area contributed by atoms with E-state index in [4.69, 9.17) is 10.00 Å². The molecule has 1 saturated heterocycles. The molecule has 0 saturated carbocycles. The number of nitrogens with one attached hydrogen (secondary N) is 1. The molecule has 0 bridgehead atoms. The summed E-state index contributed by atoms with van der Waals surface area (Å²) in [5.41, 5.74) is 0. The van der Waals surface area contributed by atoms with Crippen molar-refractivity contribution in [3.8, 4) is 6.07 Å². The third-order valence-electron chi connectivity index (χ3n) is 2.24. The summed E-state index contributed by atoms with van der Waals surface area (Å²) in [6.07, 6.45) is 1.88. The molecule has 1 N–H and O–H groups in total. The van der Waals surface area contributed by atoms with Crippen LogP contribution in [0.5, 0.6) is 0 Å². The first kappa shape index (κ1) is 10.5. The van der Waals surface area contributed by atoms with Gasteiger partial charge in [0.15, 0.2) is 6.10 Å². The molecule has 3 heteroatoms. The second-order valence-corrected chi connectivity index (χ2v) is 3.97. The molecule has 3 nitrogen and oxygen atoms in total. The Hall–Kier alpha value is -0.590. The van der Waals surface area contributed by atoms with Crippen LogP contribution in [0.2, 0.25) is 0 Å². The topological polar surface area (TPSA) is 45.0 Å². The molecule has 0 aromatic carbocycles. The Morgan fingerprint density at radius 3 is 3.00 bits per heavy atom. The lowest BCUT2D eigenvalue weighted by molar-refractivity contribution is 0.0245. The van der Waals surface area contributed by atoms with Gasteiger partial charge < -0.3 is 10.1 Å². The Kier molecular flexibility index (Phi) is 4.20. The quantitative estimate of drug-likeness (QED) is 0.715. The molecule has 13 heavy (non-hydrogen) atoms. The van der Waals surface area contributed by atoms with Crippen LogP contribution in [0.3, 0.4) is 0 Å². The molecule has 1 fully saturated rings. The molecule has 1 aliphatic rings. The van der Waals surface area contributed by atoms with Crippen LogP contribution in [0.4, 0.5) is 0 Å². The summed E-state index contributed by atoms with van der Waals surface area (Å²) in [5, 5.41) is 12.2. The van der Waals surface area contributed by atoms with Gasteiger partial charge in [0.05, 0.1) is 6.07 Å². The zero-order valence-corrected chi connectivity index (χ0v) is 8.42. The highest BCUT2D eigenvalue weighted by atomic mass is 16.5. The maximum absolute atomic E-state index is 8.81. The highest BCUT2D eigenvalue weighted by Crippen LogP contribution is 2.13. The first-order valence-electron chi connectivity index (χ1n) is 4.98. The smallest absolute Gasteiger partial charge is 0.159 e. The van der Waals surface area contributed by atoms with Gasteiger partial charge in [0.25, 0.3) is 0 Å². The van der Waals surface area contributed by atoms with Crippen LogP contribution in [0.15, 0.2) is 0 Å². The molecule has 1 heterocycles. The fourth-order valence-electron chi connectivity index (χ4n) is 1.50. The zero-order chi connectivity index (χ0) is 9.68. The second kappa shape index (κ2) is 5.21. The Balaban J connectivity index is 2.33. The third kappa shape index (κ3) is 3.33. The van der Waals surface area contributed by atoms with Gasteiger partial charge in [0.1, 0.15) is 0 Å². The minimum Gasteiger partial charge on any atom is -0.362 e. The molecule has 74 valence electrons. The van der Waals surface area contributed by atoms with Crippen molar-refractivity contribution in [3.05, 3.63) is 0 Å². The molecule has 0 radical (unpaired) electrons. The number of ether oxygens (including phenoxy) is 1. The van der Waals surface area contributed by atoms with Crippen molar-refractivity contribution < 1.29 is 4.74 Å². The van der Waals surface area contributed by atoms with Gasteiger partial charge in [0, 0.05) is 12.6 Å². The van der Waals surface area contributed by atoms with E-state index in [0.717, 1.165) is 26.0 Å². The first-order chi connectivity index (χ1) is 6.24. The van der Waals surface area contributed by atoms with E-state index in [0.29, 0.717) is 5.92 Å². The van der Waals surface area contributed by atoms with E-state index in [2.05, 4.69) is 25.2 Å². The van der Waals surface area contributed by atoms with E-state index in [9.17, 15) is 0 Å². The molecule has 0 aromatic heterocycles. The maximum Gasteiger partial charge on any atom is 0.159 e. The van der Waals surface area contributed by atoms with Gasteiger partial charge in [0.2, 0.25) is 0 Å². The first-order valence-corrected chi connectivity index (χ1v) is 4.98. The Labute approximate surface area is 80.1 Å². The van der Waals surface area contributed by atoms with Crippen LogP contribution < -0.4 is 5.32 Å². The van der Waals surface area contributed by atoms with Gasteiger partial charge in [-0.25, -0.2) is 0 Å². The van der Waals surface area contributed by atoms with E-state index < -0.39 is 0 Å². The average molecular weight is 182 g/mol. The molecule has 0 aromatic rings. The molecule has 0 spiro atoms. The van der Waals surface area contributed by atoms with Gasteiger partial charge in [-0.15, -0.1) is 0 Å². The van der Waals surface area contributed by atoms with Gasteiger partial charge in [-0.3, -0.25) is 0 Å². The summed E-state index contributed by atoms with van der Waals surface area (Å²) in [5.74, 6) is 0.626. The van der Waals surface area contributed by atoms with Crippen LogP contribution in [0.1, 0.15) is 26.7 Å². The van der Waals surface area contributed by atoms with E-state index >= 15 is 0 Å². The van der Waals surface area contributed by atoms with E-state index in [-0.39, 0.29) is 12.1 Å². The van der Waals surface area contributed by atoms with Crippen molar-refractivity contribution in [1.29, 1.82) is 5.26 Å². The predicted molar refractivity (Wildman–Crippen MR) is 51.2 cm³/mol. The van der Waals surface area contributed by atoms with Crippen LogP contribution in [0, 0.1) is 17.2 Å². The van der Waals surface area contributed by atoms with Gasteiger partial charge >= 0.3 is 0 Å². The monoisotopic (exact) mass is 182 g/mol. The molecular weight excluding hydrogens is 164 g/mol. The standard InChI is InChI=1S/C10H18N2O/c1-8(2)7-12-9-4-3-5-13-10(9)6-11/h8-10,12H,3-5,7H2,1-2H3. The Bertz CT molecular complexity index is 186. The fraction of sp³-hybridized carbons (Fsp3) is 0.900. The van der Waals surface area contributed by atoms with Crippen molar-refractivity contribution >= 4 is 0 Å². The van der Waals surface area contributed by atoms with Crippen molar-refractivity contribution in [2.24, 2.45) is 5.92 Å². The summed E-state index contributed by atoms with van der Waals surface area (Å²) in [6.45, 7) is 6.03. The highest BCUT2D eigenvalue weighted by molar-refractivity contribution is 4.95. The predicted octanol–water partition coefficient (Wildman–Crippen LogP) is 1.30. The molecule has 1 aliphatic heterocycles. The summed E-state index contributed by atoms with van der Waals surface area (Å²) < 4.78 is 5.35. The van der Waals surface area contributed by atoms with E-state index in [1.807, 2.05) is 0 Å². The molecule has 2 unspecified atom stereocenters. The Morgan fingerprint density at radius 1 is 1.62 bits per heavy atom. The number of hydrogen-bond donors (Lipinski definition) is 1. The van der Waals surface area contributed by atoms with Crippen molar-refractivity contribution in [2.45, 2.75) is 38.8 Å². The molecule has 0 aliphatic carbocycles. The minimum absolute atomic E-state index is 0.237. The molecule has 1 rings (SSSR count). The SMILES string of the molecule is CC(C)CNC1CCCOC1C#N. The number of nitriles is 1. The van der Waals surface area contributed by atoms with Crippen LogP contribution >= 0.6 is 0 Å². The summed E-state index contributed by atoms with van der Waals surface area (Å²) >= 11 is 0. The Morgan fingerprint density at radius 2 is 2.38 bits per heavy atom. The second-order valence-electron chi connectivity index (χ2n) is 3.97. The normalized spacial score (nSPS) is 28.8. The number of hydrogen-bond acceptors (Lipinski definition) is 3. The van der Waals surface area contributed by atoms with Gasteiger partial charge in [-0.1, -0.05) is 13.8 Å². The third-order valence-corrected chi connectivity index (χ3v) is 2.24. The average Bonchev–Trinajstić information content (AvgIpc) is 2.15. The molecular formula is C10H18N2O. The molecule has 2 atom stereocenters. The maximum atomic E-state index is 8.81. The highest BCUT2D eigenvalue weighted by Gasteiger charge is 2.24. The molecule has 0 amide bonds. The lowest BCUT2D eigenvalue weighted by Gasteiger charge is -2.28. The van der Waals surface area contributed by atoms with Gasteiger partial charge in [-0.05, 0) is 25.3 Å². The lowest BCUT2D eigenvalue weighted by Crippen LogP contribution is -2.45. The summed E-state index contributed by atoms with van der Waals surface area (Å²) in [6, 6.07) is 2.43. The summed E-state index contributed by atoms with van der Waals surface area (Å²) in [4.78, 5) is 0. The van der Waals surface area contributed by atoms with Crippen LogP contribution in [-0.2, 0) is 4.74 Å². The zero-order valence-electron chi connectivity index (χ0n) is 8.42. The van der Waals surface area contributed by atoms with E-state index in [1.165, 1.54) is 0 Å². The van der Waals surface area contributed by atoms with Crippen molar-refractivity contribution in [1.82, 2.24) is 5.32 Å². The number of rotatable bonds is 3. The van der Waals surface area contributed by atoms with E-state index in [1.54, 1.807) is 0 Å². The van der Waals surface area contributed by atoms with Crippen molar-refractivity contribution in [2.75, 3.05) is 13.2 Å². The largest absolute Gasteiger partial charge is 0.362 e. The summed E-state index contributed by atoms with van der Waals surface area (Å²) in [7, 11) is 0. The fourth-order valence-corrected chi connectivity index (χ4v) is 1.50. The lowest BCUT2D eigenvalue weighted by atomic mass is 10.0. The van der Waals surface area contributed by atoms with Crippen molar-refractivity contribution in [3.63, 3.8) is 0 Å². The number of nitrogens with zero attached hydrogens (tertiary/aromatic N) is 1.